The van der Waals surface area contributed by atoms with Crippen molar-refractivity contribution in [3.8, 4) is 0 Å². The molecule has 0 saturated carbocycles. The van der Waals surface area contributed by atoms with Crippen molar-refractivity contribution in [2.45, 2.75) is 31.3 Å². The van der Waals surface area contributed by atoms with Crippen molar-refractivity contribution in [1.82, 2.24) is 5.32 Å². The first-order valence-corrected chi connectivity index (χ1v) is 7.52. The molecule has 0 atom stereocenters. The molecule has 0 amide bonds. The molecular weight excluding hydrogens is 314 g/mol. The van der Waals surface area contributed by atoms with Crippen LogP contribution in [0.4, 0.5) is 0 Å². The Bertz CT molecular complexity index is 410. The Morgan fingerprint density at radius 2 is 2.22 bits per heavy atom. The highest BCUT2D eigenvalue weighted by atomic mass is 79.9. The molecule has 5 heteroatoms. The van der Waals surface area contributed by atoms with Gasteiger partial charge in [0.15, 0.2) is 0 Å². The van der Waals surface area contributed by atoms with E-state index in [1.165, 1.54) is 24.4 Å². The van der Waals surface area contributed by atoms with Gasteiger partial charge in [-0.15, -0.1) is 11.8 Å². The second-order valence-corrected chi connectivity index (χ2v) is 6.06. The quantitative estimate of drug-likeness (QED) is 0.641. The SMILES string of the molecule is COC(=O)CSc1ccc(CNC(C)C)c(Br)c1. The van der Waals surface area contributed by atoms with Crippen molar-refractivity contribution in [3.05, 3.63) is 28.2 Å². The normalized spacial score (nSPS) is 10.7. The van der Waals surface area contributed by atoms with E-state index in [1.807, 2.05) is 12.1 Å². The van der Waals surface area contributed by atoms with Crippen molar-refractivity contribution < 1.29 is 9.53 Å². The molecule has 0 radical (unpaired) electrons. The van der Waals surface area contributed by atoms with E-state index >= 15 is 0 Å². The van der Waals surface area contributed by atoms with Crippen LogP contribution in [0.2, 0.25) is 0 Å². The predicted octanol–water partition coefficient (Wildman–Crippen LogP) is 3.21. The minimum absolute atomic E-state index is 0.207. The Hall–Kier alpha value is -0.520. The van der Waals surface area contributed by atoms with Crippen LogP contribution < -0.4 is 5.32 Å². The zero-order valence-corrected chi connectivity index (χ0v) is 13.2. The van der Waals surface area contributed by atoms with Gasteiger partial charge in [-0.3, -0.25) is 4.79 Å². The summed E-state index contributed by atoms with van der Waals surface area (Å²) in [6.07, 6.45) is 0. The molecule has 1 aromatic carbocycles. The van der Waals surface area contributed by atoms with Gasteiger partial charge < -0.3 is 10.1 Å². The molecule has 0 aliphatic heterocycles. The molecular formula is C13H18BrNO2S. The van der Waals surface area contributed by atoms with E-state index in [1.54, 1.807) is 0 Å². The zero-order valence-electron chi connectivity index (χ0n) is 10.8. The van der Waals surface area contributed by atoms with Crippen LogP contribution >= 0.6 is 27.7 Å². The van der Waals surface area contributed by atoms with Crippen molar-refractivity contribution in [2.75, 3.05) is 12.9 Å². The minimum atomic E-state index is -0.207. The monoisotopic (exact) mass is 331 g/mol. The zero-order chi connectivity index (χ0) is 13.5. The molecule has 0 bridgehead atoms. The maximum Gasteiger partial charge on any atom is 0.315 e. The molecule has 0 fully saturated rings. The number of halogens is 1. The molecule has 3 nitrogen and oxygen atoms in total. The summed E-state index contributed by atoms with van der Waals surface area (Å²) in [5, 5.41) is 3.37. The molecule has 1 rings (SSSR count). The largest absolute Gasteiger partial charge is 0.468 e. The van der Waals surface area contributed by atoms with Gasteiger partial charge >= 0.3 is 5.97 Å². The molecule has 0 unspecified atom stereocenters. The van der Waals surface area contributed by atoms with Crippen LogP contribution in [-0.2, 0) is 16.1 Å². The maximum absolute atomic E-state index is 11.0. The third kappa shape index (κ3) is 5.42. The highest BCUT2D eigenvalue weighted by Gasteiger charge is 2.05. The molecule has 0 heterocycles. The lowest BCUT2D eigenvalue weighted by atomic mass is 10.2. The summed E-state index contributed by atoms with van der Waals surface area (Å²) < 4.78 is 5.67. The third-order valence-corrected chi connectivity index (χ3v) is 4.02. The van der Waals surface area contributed by atoms with Gasteiger partial charge in [-0.25, -0.2) is 0 Å². The average Bonchev–Trinajstić information content (AvgIpc) is 2.34. The van der Waals surface area contributed by atoms with Gasteiger partial charge in [0.1, 0.15) is 0 Å². The van der Waals surface area contributed by atoms with Crippen LogP contribution in [-0.4, -0.2) is 24.9 Å². The van der Waals surface area contributed by atoms with Gasteiger partial charge in [0, 0.05) is 22.0 Å². The van der Waals surface area contributed by atoms with E-state index in [9.17, 15) is 4.79 Å². The smallest absolute Gasteiger partial charge is 0.315 e. The Balaban J connectivity index is 2.58. The first-order valence-electron chi connectivity index (χ1n) is 5.74. The summed E-state index contributed by atoms with van der Waals surface area (Å²) in [6, 6.07) is 6.59. The van der Waals surface area contributed by atoms with E-state index in [0.29, 0.717) is 11.8 Å². The summed E-state index contributed by atoms with van der Waals surface area (Å²) in [6.45, 7) is 5.07. The van der Waals surface area contributed by atoms with Gasteiger partial charge in [-0.2, -0.15) is 0 Å². The van der Waals surface area contributed by atoms with Gasteiger partial charge in [0.2, 0.25) is 0 Å². The first kappa shape index (κ1) is 15.5. The summed E-state index contributed by atoms with van der Waals surface area (Å²) >= 11 is 5.03. The number of esters is 1. The van der Waals surface area contributed by atoms with Crippen molar-refractivity contribution in [1.29, 1.82) is 0 Å². The van der Waals surface area contributed by atoms with Crippen LogP contribution in [0.25, 0.3) is 0 Å². The molecule has 0 saturated heterocycles. The van der Waals surface area contributed by atoms with Gasteiger partial charge in [-0.1, -0.05) is 35.8 Å². The lowest BCUT2D eigenvalue weighted by Crippen LogP contribution is -2.21. The molecule has 1 N–H and O–H groups in total. The average molecular weight is 332 g/mol. The number of nitrogens with one attached hydrogen (secondary N) is 1. The number of ether oxygens (including phenoxy) is 1. The summed E-state index contributed by atoms with van der Waals surface area (Å²) in [5.74, 6) is 0.133. The maximum atomic E-state index is 11.0. The number of thioether (sulfide) groups is 1. The number of methoxy groups -OCH3 is 1. The first-order chi connectivity index (χ1) is 8.52. The number of hydrogen-bond donors (Lipinski definition) is 1. The van der Waals surface area contributed by atoms with Crippen molar-refractivity contribution >= 4 is 33.7 Å². The molecule has 1 aromatic rings. The number of rotatable bonds is 6. The number of hydrogen-bond acceptors (Lipinski definition) is 4. The van der Waals surface area contributed by atoms with Crippen LogP contribution in [0.5, 0.6) is 0 Å². The Kier molecular flexibility index (Phi) is 6.75. The molecule has 0 aliphatic rings. The Labute approximate surface area is 121 Å². The van der Waals surface area contributed by atoms with Gasteiger partial charge in [0.25, 0.3) is 0 Å². The van der Waals surface area contributed by atoms with Crippen LogP contribution in [0.3, 0.4) is 0 Å². The fourth-order valence-electron chi connectivity index (χ4n) is 1.28. The van der Waals surface area contributed by atoms with E-state index in [0.717, 1.165) is 15.9 Å². The molecule has 0 aromatic heterocycles. The Morgan fingerprint density at radius 3 is 2.78 bits per heavy atom. The molecule has 0 aliphatic carbocycles. The minimum Gasteiger partial charge on any atom is -0.468 e. The second kappa shape index (κ2) is 7.81. The Morgan fingerprint density at radius 1 is 1.50 bits per heavy atom. The highest BCUT2D eigenvalue weighted by molar-refractivity contribution is 9.10. The van der Waals surface area contributed by atoms with Crippen molar-refractivity contribution in [3.63, 3.8) is 0 Å². The number of carbonyl (C=O) groups excluding carboxylic acids is 1. The third-order valence-electron chi connectivity index (χ3n) is 2.31. The predicted molar refractivity (Wildman–Crippen MR) is 78.9 cm³/mol. The van der Waals surface area contributed by atoms with E-state index in [-0.39, 0.29) is 5.97 Å². The molecule has 100 valence electrons. The molecule has 0 spiro atoms. The highest BCUT2D eigenvalue weighted by Crippen LogP contribution is 2.25. The summed E-state index contributed by atoms with van der Waals surface area (Å²) in [5.41, 5.74) is 1.21. The summed E-state index contributed by atoms with van der Waals surface area (Å²) in [7, 11) is 1.40. The number of benzene rings is 1. The second-order valence-electron chi connectivity index (χ2n) is 4.15. The topological polar surface area (TPSA) is 38.3 Å². The lowest BCUT2D eigenvalue weighted by Gasteiger charge is -2.10. The standard InChI is InChI=1S/C13H18BrNO2S/c1-9(2)15-7-10-4-5-11(6-12(10)14)18-8-13(16)17-3/h4-6,9,15H,7-8H2,1-3H3. The van der Waals surface area contributed by atoms with Gasteiger partial charge in [-0.05, 0) is 17.7 Å². The fourth-order valence-corrected chi connectivity index (χ4v) is 2.71. The van der Waals surface area contributed by atoms with E-state index in [2.05, 4.69) is 45.9 Å². The van der Waals surface area contributed by atoms with Crippen LogP contribution in [0.15, 0.2) is 27.6 Å². The van der Waals surface area contributed by atoms with Crippen LogP contribution in [0.1, 0.15) is 19.4 Å². The molecule has 18 heavy (non-hydrogen) atoms. The van der Waals surface area contributed by atoms with Gasteiger partial charge in [0.05, 0.1) is 12.9 Å². The van der Waals surface area contributed by atoms with Crippen molar-refractivity contribution in [2.24, 2.45) is 0 Å². The fraction of sp³-hybridized carbons (Fsp3) is 0.462. The van der Waals surface area contributed by atoms with E-state index in [4.69, 9.17) is 0 Å². The number of carbonyl (C=O) groups is 1. The lowest BCUT2D eigenvalue weighted by molar-refractivity contribution is -0.137. The van der Waals surface area contributed by atoms with Crippen LogP contribution in [0, 0.1) is 0 Å². The summed E-state index contributed by atoms with van der Waals surface area (Å²) in [4.78, 5) is 12.1. The van der Waals surface area contributed by atoms with E-state index < -0.39 is 0 Å².